The van der Waals surface area contributed by atoms with Gasteiger partial charge in [-0.1, -0.05) is 54.6 Å². The van der Waals surface area contributed by atoms with E-state index in [1.165, 1.54) is 13.1 Å². The van der Waals surface area contributed by atoms with Crippen LogP contribution in [0, 0.1) is 3.57 Å². The molecule has 3 aromatic rings. The summed E-state index contributed by atoms with van der Waals surface area (Å²) in [5, 5.41) is 22.3. The number of amides is 2. The van der Waals surface area contributed by atoms with Crippen molar-refractivity contribution < 1.29 is 29.3 Å². The molecule has 210 valence electrons. The third kappa shape index (κ3) is 6.56. The lowest BCUT2D eigenvalue weighted by molar-refractivity contribution is -0.150. The molecule has 3 aromatic carbocycles. The van der Waals surface area contributed by atoms with Crippen LogP contribution in [0.3, 0.4) is 0 Å². The van der Waals surface area contributed by atoms with E-state index in [1.807, 2.05) is 71.1 Å². The van der Waals surface area contributed by atoms with Crippen LogP contribution in [-0.2, 0) is 20.7 Å². The monoisotopic (exact) mass is 657 g/mol. The van der Waals surface area contributed by atoms with Crippen LogP contribution < -0.4 is 11.1 Å². The molecule has 0 aliphatic heterocycles. The summed E-state index contributed by atoms with van der Waals surface area (Å²) in [5.41, 5.74) is 10.6. The number of nitrogens with one attached hydrogen (secondary N) is 1. The van der Waals surface area contributed by atoms with Crippen molar-refractivity contribution in [3.05, 3.63) is 87.0 Å². The molecule has 0 bridgehead atoms. The van der Waals surface area contributed by atoms with Gasteiger partial charge in [-0.25, -0.2) is 9.59 Å². The minimum absolute atomic E-state index is 0.0714. The first-order valence-electron chi connectivity index (χ1n) is 13.0. The number of rotatable bonds is 11. The molecule has 0 saturated heterocycles. The van der Waals surface area contributed by atoms with Crippen molar-refractivity contribution >= 4 is 40.6 Å². The highest BCUT2D eigenvalue weighted by Crippen LogP contribution is 2.44. The van der Waals surface area contributed by atoms with Crippen molar-refractivity contribution in [2.45, 2.75) is 37.3 Å². The number of likely N-dealkylation sites (N-methyl/N-ethyl adjacent to an activating group) is 1. The topological polar surface area (TPSA) is 142 Å². The Morgan fingerprint density at radius 1 is 1.05 bits per heavy atom. The molecule has 0 saturated carbocycles. The van der Waals surface area contributed by atoms with Crippen LogP contribution in [0.4, 0.5) is 4.79 Å². The van der Waals surface area contributed by atoms with Gasteiger partial charge in [0, 0.05) is 19.4 Å². The van der Waals surface area contributed by atoms with Crippen LogP contribution in [0.2, 0.25) is 0 Å². The number of alkyl carbamates (subject to hydrolysis) is 1. The average Bonchev–Trinajstić information content (AvgIpc) is 3.26. The van der Waals surface area contributed by atoms with E-state index in [9.17, 15) is 24.6 Å². The maximum atomic E-state index is 13.5. The highest BCUT2D eigenvalue weighted by Gasteiger charge is 2.33. The fourth-order valence-corrected chi connectivity index (χ4v) is 5.67. The van der Waals surface area contributed by atoms with E-state index < -0.39 is 30.1 Å². The van der Waals surface area contributed by atoms with E-state index in [-0.39, 0.29) is 31.1 Å². The molecule has 0 unspecified atom stereocenters. The summed E-state index contributed by atoms with van der Waals surface area (Å²) in [5.74, 6) is -1.77. The largest absolute Gasteiger partial charge is 0.507 e. The van der Waals surface area contributed by atoms with Crippen LogP contribution in [0.1, 0.15) is 35.4 Å². The number of aliphatic carboxylic acids is 1. The number of carboxylic acid groups (broad SMARTS) is 1. The lowest BCUT2D eigenvalue weighted by Crippen LogP contribution is -2.53. The van der Waals surface area contributed by atoms with Gasteiger partial charge < -0.3 is 30.9 Å². The molecular weight excluding hydrogens is 625 g/mol. The van der Waals surface area contributed by atoms with Crippen LogP contribution in [0.5, 0.6) is 5.75 Å². The van der Waals surface area contributed by atoms with Crippen molar-refractivity contribution in [3.8, 4) is 16.9 Å². The summed E-state index contributed by atoms with van der Waals surface area (Å²) in [6.45, 7) is 0.362. The van der Waals surface area contributed by atoms with Gasteiger partial charge in [-0.2, -0.15) is 0 Å². The third-order valence-corrected chi connectivity index (χ3v) is 8.03. The number of carbonyl (C=O) groups is 3. The number of hydrogen-bond donors (Lipinski definition) is 4. The SMILES string of the molecule is CN(C(=O)[C@@H](Cc1ccc(O)c(I)c1)NC(=O)OCC1c2ccccc2-c2ccccc21)[C@H](CCCN)C(=O)O. The van der Waals surface area contributed by atoms with Gasteiger partial charge >= 0.3 is 12.1 Å². The molecule has 4 rings (SSSR count). The van der Waals surface area contributed by atoms with Crippen molar-refractivity contribution in [2.24, 2.45) is 5.73 Å². The van der Waals surface area contributed by atoms with E-state index in [4.69, 9.17) is 10.5 Å². The Morgan fingerprint density at radius 2 is 1.68 bits per heavy atom. The molecule has 40 heavy (non-hydrogen) atoms. The minimum atomic E-state index is -1.15. The zero-order valence-corrected chi connectivity index (χ0v) is 24.2. The van der Waals surface area contributed by atoms with Gasteiger partial charge in [-0.05, 0) is 81.9 Å². The lowest BCUT2D eigenvalue weighted by atomic mass is 9.98. The molecular formula is C30H32IN3O6. The van der Waals surface area contributed by atoms with Crippen molar-refractivity contribution in [2.75, 3.05) is 20.2 Å². The lowest BCUT2D eigenvalue weighted by Gasteiger charge is -2.29. The van der Waals surface area contributed by atoms with E-state index in [0.29, 0.717) is 22.1 Å². The van der Waals surface area contributed by atoms with Gasteiger partial charge in [0.15, 0.2) is 0 Å². The number of benzene rings is 3. The fraction of sp³-hybridized carbons (Fsp3) is 0.300. The normalized spacial score (nSPS) is 13.6. The van der Waals surface area contributed by atoms with Gasteiger partial charge in [0.25, 0.3) is 0 Å². The molecule has 10 heteroatoms. The Balaban J connectivity index is 1.52. The second-order valence-electron chi connectivity index (χ2n) is 9.75. The van der Waals surface area contributed by atoms with Gasteiger partial charge in [-0.3, -0.25) is 4.79 Å². The van der Waals surface area contributed by atoms with Gasteiger partial charge in [0.05, 0.1) is 3.57 Å². The number of ether oxygens (including phenoxy) is 1. The maximum absolute atomic E-state index is 13.5. The van der Waals surface area contributed by atoms with E-state index in [1.54, 1.807) is 12.1 Å². The zero-order chi connectivity index (χ0) is 28.8. The van der Waals surface area contributed by atoms with Crippen molar-refractivity contribution in [3.63, 3.8) is 0 Å². The first kappa shape index (κ1) is 29.3. The molecule has 0 heterocycles. The Bertz CT molecular complexity index is 1350. The Kier molecular flexibility index (Phi) is 9.64. The Morgan fingerprint density at radius 3 is 2.25 bits per heavy atom. The number of carboxylic acids is 1. The van der Waals surface area contributed by atoms with Crippen LogP contribution in [0.15, 0.2) is 66.7 Å². The quantitative estimate of drug-likeness (QED) is 0.228. The van der Waals surface area contributed by atoms with Gasteiger partial charge in [0.2, 0.25) is 5.91 Å². The minimum Gasteiger partial charge on any atom is -0.507 e. The Labute approximate surface area is 246 Å². The second kappa shape index (κ2) is 13.1. The number of aromatic hydroxyl groups is 1. The van der Waals surface area contributed by atoms with E-state index in [2.05, 4.69) is 5.32 Å². The van der Waals surface area contributed by atoms with Crippen molar-refractivity contribution in [1.29, 1.82) is 0 Å². The molecule has 9 nitrogen and oxygen atoms in total. The number of phenolic OH excluding ortho intramolecular Hbond substituents is 1. The summed E-state index contributed by atoms with van der Waals surface area (Å²) in [7, 11) is 1.41. The number of phenols is 1. The number of halogens is 1. The molecule has 1 aliphatic carbocycles. The van der Waals surface area contributed by atoms with Crippen LogP contribution >= 0.6 is 22.6 Å². The first-order chi connectivity index (χ1) is 19.2. The number of nitrogens with two attached hydrogens (primary N) is 1. The van der Waals surface area contributed by atoms with Crippen LogP contribution in [0.25, 0.3) is 11.1 Å². The molecule has 0 spiro atoms. The van der Waals surface area contributed by atoms with Crippen molar-refractivity contribution in [1.82, 2.24) is 10.2 Å². The third-order valence-electron chi connectivity index (χ3n) is 7.17. The highest BCUT2D eigenvalue weighted by molar-refractivity contribution is 14.1. The van der Waals surface area contributed by atoms with E-state index >= 15 is 0 Å². The predicted molar refractivity (Wildman–Crippen MR) is 159 cm³/mol. The summed E-state index contributed by atoms with van der Waals surface area (Å²) >= 11 is 1.98. The standard InChI is InChI=1S/C30H32IN3O6/c1-34(26(29(37)38)11-6-14-32)28(36)25(16-18-12-13-27(35)24(31)15-18)33-30(39)40-17-23-21-9-4-2-7-19(21)20-8-3-5-10-22(20)23/h2-5,7-10,12-13,15,23,25-26,35H,6,11,14,16-17,32H2,1H3,(H,33,39)(H,37,38)/t25-,26-/m1/s1. The zero-order valence-electron chi connectivity index (χ0n) is 22.0. The molecule has 2 amide bonds. The predicted octanol–water partition coefficient (Wildman–Crippen LogP) is 4.10. The number of hydrogen-bond acceptors (Lipinski definition) is 6. The van der Waals surface area contributed by atoms with Gasteiger partial charge in [0.1, 0.15) is 24.4 Å². The molecule has 2 atom stereocenters. The molecule has 0 fully saturated rings. The highest BCUT2D eigenvalue weighted by atomic mass is 127. The average molecular weight is 658 g/mol. The summed E-state index contributed by atoms with van der Waals surface area (Å²) in [4.78, 5) is 39.7. The maximum Gasteiger partial charge on any atom is 0.407 e. The van der Waals surface area contributed by atoms with E-state index in [0.717, 1.165) is 27.2 Å². The molecule has 0 aromatic heterocycles. The molecule has 1 aliphatic rings. The molecule has 0 radical (unpaired) electrons. The van der Waals surface area contributed by atoms with Gasteiger partial charge in [-0.15, -0.1) is 0 Å². The first-order valence-corrected chi connectivity index (χ1v) is 14.1. The molecule has 5 N–H and O–H groups in total. The Hall–Kier alpha value is -3.64. The number of nitrogens with zero attached hydrogens (tertiary/aromatic N) is 1. The fourth-order valence-electron chi connectivity index (χ4n) is 5.09. The number of carbonyl (C=O) groups excluding carboxylic acids is 2. The summed E-state index contributed by atoms with van der Waals surface area (Å²) in [6, 6.07) is 18.6. The smallest absolute Gasteiger partial charge is 0.407 e. The summed E-state index contributed by atoms with van der Waals surface area (Å²) < 4.78 is 6.24. The summed E-state index contributed by atoms with van der Waals surface area (Å²) in [6.07, 6.45) is -0.0961. The number of fused-ring (bicyclic) bond motifs is 3. The van der Waals surface area contributed by atoms with Crippen LogP contribution in [-0.4, -0.2) is 65.4 Å². The second-order valence-corrected chi connectivity index (χ2v) is 10.9.